The molecule has 0 spiro atoms. The summed E-state index contributed by atoms with van der Waals surface area (Å²) < 4.78 is 29.3. The highest BCUT2D eigenvalue weighted by atomic mass is 79.9. The van der Waals surface area contributed by atoms with Gasteiger partial charge in [0.15, 0.2) is 0 Å². The lowest BCUT2D eigenvalue weighted by molar-refractivity contribution is -0.117. The summed E-state index contributed by atoms with van der Waals surface area (Å²) >= 11 is 3.43. The molecule has 0 aromatic heterocycles. The molecule has 1 saturated carbocycles. The molecule has 2 aromatic carbocycles. The zero-order valence-electron chi connectivity index (χ0n) is 13.4. The fourth-order valence-corrected chi connectivity index (χ4v) is 3.94. The summed E-state index contributed by atoms with van der Waals surface area (Å²) in [5.74, 6) is 0.0391. The van der Waals surface area contributed by atoms with Crippen molar-refractivity contribution in [2.75, 3.05) is 12.4 Å². The van der Waals surface area contributed by atoms with Crippen LogP contribution in [0.3, 0.4) is 0 Å². The molecular weight excluding hydrogens is 408 g/mol. The van der Waals surface area contributed by atoms with Crippen molar-refractivity contribution in [3.8, 4) is 5.75 Å². The van der Waals surface area contributed by atoms with Crippen LogP contribution in [0.15, 0.2) is 51.8 Å². The van der Waals surface area contributed by atoms with Crippen LogP contribution >= 0.6 is 15.9 Å². The monoisotopic (exact) mass is 424 g/mol. The lowest BCUT2D eigenvalue weighted by Gasteiger charge is -2.10. The number of sulfonamides is 1. The first-order valence-corrected chi connectivity index (χ1v) is 9.90. The molecule has 3 rings (SSSR count). The Labute approximate surface area is 154 Å². The maximum absolute atomic E-state index is 12.4. The quantitative estimate of drug-likeness (QED) is 0.770. The fraction of sp³-hybridized carbons (Fsp3) is 0.235. The van der Waals surface area contributed by atoms with E-state index in [4.69, 9.17) is 9.88 Å². The number of primary sulfonamides is 1. The molecule has 25 heavy (non-hydrogen) atoms. The second kappa shape index (κ2) is 6.78. The van der Waals surface area contributed by atoms with Crippen molar-refractivity contribution >= 4 is 37.5 Å². The molecule has 1 amide bonds. The number of nitrogens with two attached hydrogens (primary N) is 1. The summed E-state index contributed by atoms with van der Waals surface area (Å²) in [5.41, 5.74) is 1.48. The van der Waals surface area contributed by atoms with Crippen LogP contribution in [-0.4, -0.2) is 21.4 Å². The molecule has 0 radical (unpaired) electrons. The summed E-state index contributed by atoms with van der Waals surface area (Å²) in [5, 5.41) is 7.95. The average Bonchev–Trinajstić information content (AvgIpc) is 3.35. The van der Waals surface area contributed by atoms with E-state index in [0.717, 1.165) is 16.5 Å². The van der Waals surface area contributed by atoms with Gasteiger partial charge in [0.2, 0.25) is 15.9 Å². The Morgan fingerprint density at radius 3 is 2.68 bits per heavy atom. The highest BCUT2D eigenvalue weighted by molar-refractivity contribution is 9.10. The molecule has 8 heteroatoms. The number of carbonyl (C=O) groups is 1. The Morgan fingerprint density at radius 2 is 2.04 bits per heavy atom. The number of benzene rings is 2. The molecule has 0 saturated heterocycles. The van der Waals surface area contributed by atoms with E-state index in [9.17, 15) is 13.2 Å². The normalized spacial score (nSPS) is 19.3. The number of amides is 1. The van der Waals surface area contributed by atoms with Crippen LogP contribution in [0.2, 0.25) is 0 Å². The number of halogens is 1. The van der Waals surface area contributed by atoms with Crippen molar-refractivity contribution in [3.63, 3.8) is 0 Å². The van der Waals surface area contributed by atoms with Crippen LogP contribution in [-0.2, 0) is 14.8 Å². The van der Waals surface area contributed by atoms with Gasteiger partial charge in [-0.25, -0.2) is 13.6 Å². The van der Waals surface area contributed by atoms with Crippen molar-refractivity contribution in [1.82, 2.24) is 0 Å². The second-order valence-electron chi connectivity index (χ2n) is 5.90. The largest absolute Gasteiger partial charge is 0.495 e. The number of carbonyl (C=O) groups excluding carboxylic acids is 1. The Kier molecular flexibility index (Phi) is 4.86. The maximum Gasteiger partial charge on any atom is 0.241 e. The topological polar surface area (TPSA) is 98.5 Å². The molecule has 3 N–H and O–H groups in total. The smallest absolute Gasteiger partial charge is 0.241 e. The van der Waals surface area contributed by atoms with E-state index in [1.807, 2.05) is 24.3 Å². The van der Waals surface area contributed by atoms with Gasteiger partial charge in [-0.05, 0) is 48.2 Å². The van der Waals surface area contributed by atoms with Gasteiger partial charge in [-0.2, -0.15) is 0 Å². The van der Waals surface area contributed by atoms with E-state index in [1.54, 1.807) is 6.07 Å². The standard InChI is InChI=1S/C17H17BrN2O4S/c1-24-15-6-5-12(8-16(15)25(19,22)23)20-17(21)14-9-13(14)10-3-2-4-11(18)7-10/h2-8,13-14H,9H2,1H3,(H,20,21)(H2,19,22,23)/t13-,14+/m0/s1. The number of hydrogen-bond acceptors (Lipinski definition) is 4. The minimum absolute atomic E-state index is 0.130. The van der Waals surface area contributed by atoms with Crippen molar-refractivity contribution in [3.05, 3.63) is 52.5 Å². The average molecular weight is 425 g/mol. The van der Waals surface area contributed by atoms with E-state index < -0.39 is 10.0 Å². The number of anilines is 1. The third kappa shape index (κ3) is 4.02. The highest BCUT2D eigenvalue weighted by Gasteiger charge is 2.44. The number of ether oxygens (including phenoxy) is 1. The fourth-order valence-electron chi connectivity index (χ4n) is 2.80. The minimum Gasteiger partial charge on any atom is -0.495 e. The van der Waals surface area contributed by atoms with Gasteiger partial charge in [0.1, 0.15) is 10.6 Å². The molecule has 2 aromatic rings. The van der Waals surface area contributed by atoms with Crippen molar-refractivity contribution in [2.24, 2.45) is 11.1 Å². The van der Waals surface area contributed by atoms with E-state index in [2.05, 4.69) is 21.2 Å². The van der Waals surface area contributed by atoms with E-state index in [1.165, 1.54) is 19.2 Å². The third-order valence-electron chi connectivity index (χ3n) is 4.14. The van der Waals surface area contributed by atoms with Gasteiger partial charge >= 0.3 is 0 Å². The number of rotatable bonds is 5. The molecule has 1 fully saturated rings. The zero-order valence-corrected chi connectivity index (χ0v) is 15.8. The van der Waals surface area contributed by atoms with Crippen LogP contribution in [0.1, 0.15) is 17.9 Å². The van der Waals surface area contributed by atoms with Gasteiger partial charge in [-0.3, -0.25) is 4.79 Å². The van der Waals surface area contributed by atoms with Crippen molar-refractivity contribution < 1.29 is 17.9 Å². The predicted octanol–water partition coefficient (Wildman–Crippen LogP) is 2.85. The molecule has 2 atom stereocenters. The van der Waals surface area contributed by atoms with Crippen LogP contribution in [0.5, 0.6) is 5.75 Å². The first-order chi connectivity index (χ1) is 11.8. The molecule has 132 valence electrons. The Balaban J connectivity index is 1.74. The molecule has 0 heterocycles. The van der Waals surface area contributed by atoms with Crippen LogP contribution in [0.25, 0.3) is 0 Å². The van der Waals surface area contributed by atoms with Crippen molar-refractivity contribution in [1.29, 1.82) is 0 Å². The molecule has 0 aliphatic heterocycles. The Hall–Kier alpha value is -1.90. The number of hydrogen-bond donors (Lipinski definition) is 2. The van der Waals surface area contributed by atoms with Gasteiger partial charge < -0.3 is 10.1 Å². The lowest BCUT2D eigenvalue weighted by atomic mass is 10.1. The minimum atomic E-state index is -3.95. The van der Waals surface area contributed by atoms with Gasteiger partial charge in [-0.1, -0.05) is 28.1 Å². The van der Waals surface area contributed by atoms with Gasteiger partial charge in [0.25, 0.3) is 0 Å². The second-order valence-corrected chi connectivity index (χ2v) is 8.35. The SMILES string of the molecule is COc1ccc(NC(=O)[C@@H]2C[C@H]2c2cccc(Br)c2)cc1S(N)(=O)=O. The molecule has 0 bridgehead atoms. The number of nitrogens with one attached hydrogen (secondary N) is 1. The Morgan fingerprint density at radius 1 is 1.28 bits per heavy atom. The summed E-state index contributed by atoms with van der Waals surface area (Å²) in [6.07, 6.45) is 0.764. The third-order valence-corrected chi connectivity index (χ3v) is 5.57. The molecule has 1 aliphatic carbocycles. The van der Waals surface area contributed by atoms with Gasteiger partial charge in [-0.15, -0.1) is 0 Å². The van der Waals surface area contributed by atoms with Gasteiger partial charge in [0, 0.05) is 16.1 Å². The van der Waals surface area contributed by atoms with Gasteiger partial charge in [0.05, 0.1) is 7.11 Å². The first kappa shape index (κ1) is 17.9. The molecule has 6 nitrogen and oxygen atoms in total. The summed E-state index contributed by atoms with van der Waals surface area (Å²) in [4.78, 5) is 12.3. The maximum atomic E-state index is 12.4. The summed E-state index contributed by atoms with van der Waals surface area (Å²) in [7, 11) is -2.59. The highest BCUT2D eigenvalue weighted by Crippen LogP contribution is 2.48. The van der Waals surface area contributed by atoms with Crippen molar-refractivity contribution in [2.45, 2.75) is 17.2 Å². The van der Waals surface area contributed by atoms with E-state index in [-0.39, 0.29) is 28.4 Å². The van der Waals surface area contributed by atoms with Crippen LogP contribution in [0, 0.1) is 5.92 Å². The summed E-state index contributed by atoms with van der Waals surface area (Å²) in [6, 6.07) is 12.2. The van der Waals surface area contributed by atoms with Crippen LogP contribution < -0.4 is 15.2 Å². The Bertz CT molecular complexity index is 930. The number of methoxy groups -OCH3 is 1. The van der Waals surface area contributed by atoms with Crippen LogP contribution in [0.4, 0.5) is 5.69 Å². The molecule has 0 unspecified atom stereocenters. The summed E-state index contributed by atoms with van der Waals surface area (Å²) in [6.45, 7) is 0. The van der Waals surface area contributed by atoms with E-state index in [0.29, 0.717) is 5.69 Å². The zero-order chi connectivity index (χ0) is 18.2. The molecule has 1 aliphatic rings. The predicted molar refractivity (Wildman–Crippen MR) is 98.0 cm³/mol. The van der Waals surface area contributed by atoms with E-state index >= 15 is 0 Å². The lowest BCUT2D eigenvalue weighted by Crippen LogP contribution is -2.17. The molecular formula is C17H17BrN2O4S. The first-order valence-electron chi connectivity index (χ1n) is 7.57.